The van der Waals surface area contributed by atoms with Crippen LogP contribution in [-0.4, -0.2) is 49.7 Å². The molecule has 0 aromatic carbocycles. The van der Waals surface area contributed by atoms with Crippen molar-refractivity contribution < 1.29 is 19.1 Å². The molecule has 1 rings (SSSR count). The molecule has 0 spiro atoms. The van der Waals surface area contributed by atoms with Gasteiger partial charge in [0.25, 0.3) is 0 Å². The van der Waals surface area contributed by atoms with E-state index in [1.807, 2.05) is 14.1 Å². The molecule has 0 aliphatic heterocycles. The van der Waals surface area contributed by atoms with Gasteiger partial charge in [-0.25, -0.2) is 0 Å². The van der Waals surface area contributed by atoms with E-state index in [1.165, 1.54) is 77.0 Å². The molecule has 0 N–H and O–H groups in total. The maximum absolute atomic E-state index is 12.7. The molecular weight excluding hydrogens is 594 g/mol. The van der Waals surface area contributed by atoms with Crippen LogP contribution in [0.25, 0.3) is 0 Å². The number of allylic oxidation sites excluding steroid dienone is 8. The van der Waals surface area contributed by atoms with Crippen LogP contribution in [0, 0.1) is 5.92 Å². The quantitative estimate of drug-likeness (QED) is 0.0405. The van der Waals surface area contributed by atoms with E-state index in [0.29, 0.717) is 12.8 Å². The fourth-order valence-electron chi connectivity index (χ4n) is 6.21. The molecule has 3 atom stereocenters. The van der Waals surface area contributed by atoms with E-state index in [-0.39, 0.29) is 30.1 Å². The van der Waals surface area contributed by atoms with Crippen LogP contribution in [0.15, 0.2) is 48.6 Å². The number of carbonyl (C=O) groups excluding carboxylic acids is 2. The van der Waals surface area contributed by atoms with Crippen LogP contribution in [0.5, 0.6) is 0 Å². The topological polar surface area (TPSA) is 55.8 Å². The van der Waals surface area contributed by atoms with Crippen molar-refractivity contribution in [3.63, 3.8) is 0 Å². The number of rotatable bonds is 32. The minimum Gasteiger partial charge on any atom is -0.458 e. The van der Waals surface area contributed by atoms with Crippen molar-refractivity contribution in [2.24, 2.45) is 5.92 Å². The van der Waals surface area contributed by atoms with Crippen molar-refractivity contribution >= 4 is 11.9 Å². The van der Waals surface area contributed by atoms with Gasteiger partial charge in [-0.15, -0.1) is 0 Å². The van der Waals surface area contributed by atoms with Gasteiger partial charge < -0.3 is 14.4 Å². The molecule has 0 heterocycles. The van der Waals surface area contributed by atoms with Gasteiger partial charge in [0.2, 0.25) is 0 Å². The van der Waals surface area contributed by atoms with E-state index in [9.17, 15) is 9.59 Å². The first-order valence-electron chi connectivity index (χ1n) is 20.1. The van der Waals surface area contributed by atoms with Gasteiger partial charge in [-0.05, 0) is 97.6 Å². The molecule has 1 aliphatic rings. The van der Waals surface area contributed by atoms with Gasteiger partial charge in [-0.3, -0.25) is 9.59 Å². The zero-order valence-electron chi connectivity index (χ0n) is 31.8. The van der Waals surface area contributed by atoms with Gasteiger partial charge in [0.05, 0.1) is 0 Å². The van der Waals surface area contributed by atoms with Gasteiger partial charge in [-0.1, -0.05) is 127 Å². The first-order valence-corrected chi connectivity index (χ1v) is 20.1. The Bertz CT molecular complexity index is 889. The lowest BCUT2D eigenvalue weighted by molar-refractivity contribution is -0.194. The van der Waals surface area contributed by atoms with Crippen LogP contribution in [0.2, 0.25) is 0 Å². The van der Waals surface area contributed by atoms with Gasteiger partial charge in [0, 0.05) is 25.3 Å². The second-order valence-corrected chi connectivity index (χ2v) is 14.2. The van der Waals surface area contributed by atoms with E-state index >= 15 is 0 Å². The smallest absolute Gasteiger partial charge is 0.306 e. The minimum atomic E-state index is -0.313. The molecule has 0 unspecified atom stereocenters. The highest BCUT2D eigenvalue weighted by molar-refractivity contribution is 5.71. The zero-order chi connectivity index (χ0) is 34.9. The van der Waals surface area contributed by atoms with E-state index in [4.69, 9.17) is 9.47 Å². The summed E-state index contributed by atoms with van der Waals surface area (Å²) in [4.78, 5) is 27.4. The summed E-state index contributed by atoms with van der Waals surface area (Å²) in [5.41, 5.74) is 0. The third kappa shape index (κ3) is 25.8. The van der Waals surface area contributed by atoms with Gasteiger partial charge in [0.1, 0.15) is 12.2 Å². The lowest BCUT2D eigenvalue weighted by Gasteiger charge is -2.43. The molecular formula is C43H75NO4. The standard InChI is InChI=1S/C43H75NO4/c1-5-7-9-11-13-15-17-19-21-23-25-27-29-31-33-35-41(45)47-40-37-39(38-44(3)4)43(40)48-42(46)36-34-32-30-28-26-24-22-20-18-16-14-12-10-8-6-2/h13-16,19-22,39-40,43H,5-12,17-18,23-38H2,1-4H3/b15-13-,16-14-,21-19-,22-20-/t39-,40+,43-/m0/s1. The Hall–Kier alpha value is -2.14. The van der Waals surface area contributed by atoms with Crippen LogP contribution in [0.1, 0.15) is 174 Å². The van der Waals surface area contributed by atoms with E-state index in [2.05, 4.69) is 67.4 Å². The Morgan fingerprint density at radius 3 is 1.38 bits per heavy atom. The van der Waals surface area contributed by atoms with Crippen molar-refractivity contribution in [3.8, 4) is 0 Å². The maximum Gasteiger partial charge on any atom is 0.306 e. The number of ether oxygens (including phenoxy) is 2. The fraction of sp³-hybridized carbons (Fsp3) is 0.767. The Kier molecular flexibility index (Phi) is 29.3. The molecule has 0 bridgehead atoms. The Balaban J connectivity index is 2.13. The molecule has 0 amide bonds. The van der Waals surface area contributed by atoms with Crippen LogP contribution < -0.4 is 0 Å². The summed E-state index contributed by atoms with van der Waals surface area (Å²) in [6, 6.07) is 0. The van der Waals surface area contributed by atoms with E-state index < -0.39 is 0 Å². The maximum atomic E-state index is 12.7. The number of unbranched alkanes of at least 4 members (excludes halogenated alkanes) is 16. The predicted molar refractivity (Wildman–Crippen MR) is 205 cm³/mol. The number of esters is 2. The molecule has 0 radical (unpaired) electrons. The molecule has 48 heavy (non-hydrogen) atoms. The van der Waals surface area contributed by atoms with Crippen molar-refractivity contribution in [2.45, 2.75) is 187 Å². The van der Waals surface area contributed by atoms with Crippen LogP contribution >= 0.6 is 0 Å². The molecule has 1 aliphatic carbocycles. The van der Waals surface area contributed by atoms with Crippen molar-refractivity contribution in [1.29, 1.82) is 0 Å². The Labute approximate surface area is 297 Å². The van der Waals surface area contributed by atoms with Gasteiger partial charge in [-0.2, -0.15) is 0 Å². The summed E-state index contributed by atoms with van der Waals surface area (Å²) < 4.78 is 11.7. The molecule has 276 valence electrons. The highest BCUT2D eigenvalue weighted by Gasteiger charge is 2.46. The van der Waals surface area contributed by atoms with Crippen molar-refractivity contribution in [1.82, 2.24) is 4.90 Å². The second-order valence-electron chi connectivity index (χ2n) is 14.2. The summed E-state index contributed by atoms with van der Waals surface area (Å²) in [5, 5.41) is 0. The summed E-state index contributed by atoms with van der Waals surface area (Å²) >= 11 is 0. The van der Waals surface area contributed by atoms with Gasteiger partial charge in [0.15, 0.2) is 0 Å². The Morgan fingerprint density at radius 2 is 0.938 bits per heavy atom. The number of nitrogens with zero attached hydrogens (tertiary/aromatic N) is 1. The molecule has 0 aromatic heterocycles. The summed E-state index contributed by atoms with van der Waals surface area (Å²) in [5.74, 6) is -0.0742. The molecule has 1 fully saturated rings. The SMILES string of the molecule is CCCCC/C=C\C/C=C\CCCCCCCC(=O)O[C@H]1[C@H](CN(C)C)C[C@H]1OC(=O)CCCCCCC/C=C\C/C=C\CCCCC. The fourth-order valence-corrected chi connectivity index (χ4v) is 6.21. The summed E-state index contributed by atoms with van der Waals surface area (Å²) in [7, 11) is 4.07. The molecule has 5 nitrogen and oxygen atoms in total. The average molecular weight is 670 g/mol. The first-order chi connectivity index (χ1) is 23.5. The normalized spacial score (nSPS) is 18.1. The van der Waals surface area contributed by atoms with E-state index in [0.717, 1.165) is 77.2 Å². The largest absolute Gasteiger partial charge is 0.458 e. The number of hydrogen-bond donors (Lipinski definition) is 0. The van der Waals surface area contributed by atoms with Crippen molar-refractivity contribution in [2.75, 3.05) is 20.6 Å². The molecule has 0 aromatic rings. The average Bonchev–Trinajstić information content (AvgIpc) is 3.06. The minimum absolute atomic E-state index is 0.149. The monoisotopic (exact) mass is 670 g/mol. The lowest BCUT2D eigenvalue weighted by Crippen LogP contribution is -2.54. The Morgan fingerprint density at radius 1 is 0.542 bits per heavy atom. The zero-order valence-corrected chi connectivity index (χ0v) is 31.8. The number of hydrogen-bond acceptors (Lipinski definition) is 5. The molecule has 1 saturated carbocycles. The summed E-state index contributed by atoms with van der Waals surface area (Å²) in [6.07, 6.45) is 45.0. The highest BCUT2D eigenvalue weighted by Crippen LogP contribution is 2.35. The first kappa shape index (κ1) is 43.9. The lowest BCUT2D eigenvalue weighted by atomic mass is 9.78. The van der Waals surface area contributed by atoms with Crippen LogP contribution in [0.4, 0.5) is 0 Å². The third-order valence-electron chi connectivity index (χ3n) is 9.18. The van der Waals surface area contributed by atoms with E-state index in [1.54, 1.807) is 0 Å². The van der Waals surface area contributed by atoms with Crippen LogP contribution in [-0.2, 0) is 19.1 Å². The summed E-state index contributed by atoms with van der Waals surface area (Å²) in [6.45, 7) is 5.32. The molecule has 5 heteroatoms. The second kappa shape index (κ2) is 32.1. The number of carbonyl (C=O) groups is 2. The highest BCUT2D eigenvalue weighted by atomic mass is 16.6. The predicted octanol–water partition coefficient (Wildman–Crippen LogP) is 12.0. The molecule has 0 saturated heterocycles. The van der Waals surface area contributed by atoms with Crippen LogP contribution in [0.3, 0.4) is 0 Å². The van der Waals surface area contributed by atoms with Gasteiger partial charge >= 0.3 is 11.9 Å². The van der Waals surface area contributed by atoms with Crippen molar-refractivity contribution in [3.05, 3.63) is 48.6 Å². The third-order valence-corrected chi connectivity index (χ3v) is 9.18.